The van der Waals surface area contributed by atoms with Crippen molar-refractivity contribution in [2.75, 3.05) is 0 Å². The molecule has 0 aliphatic heterocycles. The van der Waals surface area contributed by atoms with Crippen LogP contribution in [-0.2, 0) is 11.2 Å². The van der Waals surface area contributed by atoms with Gasteiger partial charge in [-0.2, -0.15) is 0 Å². The van der Waals surface area contributed by atoms with Crippen LogP contribution in [0.15, 0.2) is 12.1 Å². The molecule has 0 spiro atoms. The number of nitrogens with two attached hydrogens (primary N) is 1. The smallest absolute Gasteiger partial charge is 0.320 e. The average Bonchev–Trinajstić information content (AvgIpc) is 2.18. The highest BCUT2D eigenvalue weighted by Crippen LogP contribution is 2.23. The third-order valence-corrected chi connectivity index (χ3v) is 2.29. The van der Waals surface area contributed by atoms with Gasteiger partial charge in [0.25, 0.3) is 0 Å². The first-order valence-corrected chi connectivity index (χ1v) is 4.42. The van der Waals surface area contributed by atoms with Crippen LogP contribution in [-0.4, -0.2) is 17.1 Å². The lowest BCUT2D eigenvalue weighted by molar-refractivity contribution is -0.138. The van der Waals surface area contributed by atoms with E-state index in [4.69, 9.17) is 22.4 Å². The number of aliphatic carboxylic acids is 1. The molecule has 0 bridgehead atoms. The van der Waals surface area contributed by atoms with E-state index in [1.165, 1.54) is 0 Å². The number of hydrogen-bond donors (Lipinski definition) is 2. The maximum atomic E-state index is 13.2. The minimum absolute atomic E-state index is 0.216. The Morgan fingerprint density at radius 3 is 2.53 bits per heavy atom. The van der Waals surface area contributed by atoms with Gasteiger partial charge in [0.15, 0.2) is 0 Å². The van der Waals surface area contributed by atoms with Gasteiger partial charge in [0.1, 0.15) is 17.7 Å². The number of carbonyl (C=O) groups is 1. The van der Waals surface area contributed by atoms with Gasteiger partial charge in [-0.25, -0.2) is 8.78 Å². The van der Waals surface area contributed by atoms with E-state index < -0.39 is 28.7 Å². The van der Waals surface area contributed by atoms with Gasteiger partial charge in [0.2, 0.25) is 0 Å². The summed E-state index contributed by atoms with van der Waals surface area (Å²) in [7, 11) is 0. The average molecular weight is 236 g/mol. The SMILES string of the molecule is N[C@H](Cc1c(F)ccc(F)c1Cl)C(=O)O. The molecule has 1 atom stereocenters. The highest BCUT2D eigenvalue weighted by Gasteiger charge is 2.19. The summed E-state index contributed by atoms with van der Waals surface area (Å²) in [6, 6.07) is 0.442. The number of hydrogen-bond acceptors (Lipinski definition) is 2. The normalized spacial score (nSPS) is 12.5. The van der Waals surface area contributed by atoms with E-state index in [9.17, 15) is 13.6 Å². The van der Waals surface area contributed by atoms with Crippen molar-refractivity contribution >= 4 is 17.6 Å². The van der Waals surface area contributed by atoms with Crippen molar-refractivity contribution in [1.82, 2.24) is 0 Å². The topological polar surface area (TPSA) is 63.3 Å². The molecule has 3 N–H and O–H groups in total. The van der Waals surface area contributed by atoms with Crippen LogP contribution in [0, 0.1) is 11.6 Å². The molecular weight excluding hydrogens is 228 g/mol. The minimum Gasteiger partial charge on any atom is -0.480 e. The van der Waals surface area contributed by atoms with Crippen LogP contribution in [0.4, 0.5) is 8.78 Å². The van der Waals surface area contributed by atoms with Crippen molar-refractivity contribution in [3.8, 4) is 0 Å². The largest absolute Gasteiger partial charge is 0.480 e. The van der Waals surface area contributed by atoms with Crippen molar-refractivity contribution in [3.63, 3.8) is 0 Å². The van der Waals surface area contributed by atoms with E-state index in [2.05, 4.69) is 0 Å². The molecule has 15 heavy (non-hydrogen) atoms. The lowest BCUT2D eigenvalue weighted by Gasteiger charge is -2.09. The lowest BCUT2D eigenvalue weighted by atomic mass is 10.1. The van der Waals surface area contributed by atoms with Gasteiger partial charge in [-0.1, -0.05) is 11.6 Å². The molecule has 0 saturated heterocycles. The number of rotatable bonds is 3. The van der Waals surface area contributed by atoms with E-state index in [0.717, 1.165) is 12.1 Å². The summed E-state index contributed by atoms with van der Waals surface area (Å²) in [5.41, 5.74) is 4.97. The van der Waals surface area contributed by atoms with Crippen molar-refractivity contribution < 1.29 is 18.7 Å². The van der Waals surface area contributed by atoms with Crippen LogP contribution in [0.25, 0.3) is 0 Å². The molecule has 0 aromatic heterocycles. The molecule has 0 amide bonds. The van der Waals surface area contributed by atoms with E-state index in [1.54, 1.807) is 0 Å². The van der Waals surface area contributed by atoms with E-state index in [1.807, 2.05) is 0 Å². The molecule has 0 radical (unpaired) electrons. The second-order valence-corrected chi connectivity index (χ2v) is 3.35. The summed E-state index contributed by atoms with van der Waals surface area (Å²) in [6.45, 7) is 0. The fourth-order valence-corrected chi connectivity index (χ4v) is 1.29. The molecule has 0 aliphatic carbocycles. The van der Waals surface area contributed by atoms with Crippen LogP contribution < -0.4 is 5.73 Å². The van der Waals surface area contributed by atoms with E-state index in [-0.39, 0.29) is 12.0 Å². The molecule has 0 heterocycles. The zero-order chi connectivity index (χ0) is 11.6. The molecular formula is C9H8ClF2NO2. The lowest BCUT2D eigenvalue weighted by Crippen LogP contribution is -2.32. The van der Waals surface area contributed by atoms with Gasteiger partial charge >= 0.3 is 5.97 Å². The van der Waals surface area contributed by atoms with Crippen LogP contribution in [0.1, 0.15) is 5.56 Å². The molecule has 82 valence electrons. The predicted octanol–water partition coefficient (Wildman–Crippen LogP) is 1.57. The van der Waals surface area contributed by atoms with Gasteiger partial charge in [0.05, 0.1) is 5.02 Å². The molecule has 0 unspecified atom stereocenters. The summed E-state index contributed by atoms with van der Waals surface area (Å²) < 4.78 is 26.1. The van der Waals surface area contributed by atoms with Gasteiger partial charge in [-0.15, -0.1) is 0 Å². The highest BCUT2D eigenvalue weighted by molar-refractivity contribution is 6.31. The van der Waals surface area contributed by atoms with Crippen molar-refractivity contribution in [3.05, 3.63) is 34.4 Å². The Labute approximate surface area is 89.5 Å². The number of carboxylic acids is 1. The first-order chi connectivity index (χ1) is 6.93. The summed E-state index contributed by atoms with van der Waals surface area (Å²) in [5.74, 6) is -2.86. The number of carboxylic acid groups (broad SMARTS) is 1. The fourth-order valence-electron chi connectivity index (χ4n) is 1.06. The third-order valence-electron chi connectivity index (χ3n) is 1.88. The van der Waals surface area contributed by atoms with Crippen LogP contribution in [0.3, 0.4) is 0 Å². The third kappa shape index (κ3) is 2.64. The Morgan fingerprint density at radius 1 is 1.47 bits per heavy atom. The summed E-state index contributed by atoms with van der Waals surface area (Å²) in [4.78, 5) is 10.4. The first kappa shape index (κ1) is 11.9. The fraction of sp³-hybridized carbons (Fsp3) is 0.222. The Hall–Kier alpha value is -1.20. The molecule has 1 aromatic carbocycles. The van der Waals surface area contributed by atoms with Crippen LogP contribution >= 0.6 is 11.6 Å². The molecule has 0 aliphatic rings. The monoisotopic (exact) mass is 235 g/mol. The molecule has 1 rings (SSSR count). The molecule has 0 fully saturated rings. The summed E-state index contributed by atoms with van der Waals surface area (Å²) >= 11 is 5.48. The maximum Gasteiger partial charge on any atom is 0.320 e. The quantitative estimate of drug-likeness (QED) is 0.782. The summed E-state index contributed by atoms with van der Waals surface area (Å²) in [6.07, 6.45) is -0.349. The molecule has 3 nitrogen and oxygen atoms in total. The Balaban J connectivity index is 3.03. The maximum absolute atomic E-state index is 13.2. The second kappa shape index (κ2) is 4.55. The predicted molar refractivity (Wildman–Crippen MR) is 50.7 cm³/mol. The van der Waals surface area contributed by atoms with Gasteiger partial charge in [-0.3, -0.25) is 4.79 Å². The zero-order valence-electron chi connectivity index (χ0n) is 7.51. The minimum atomic E-state index is -1.31. The Morgan fingerprint density at radius 2 is 2.00 bits per heavy atom. The zero-order valence-corrected chi connectivity index (χ0v) is 8.26. The van der Waals surface area contributed by atoms with Gasteiger partial charge in [0, 0.05) is 12.0 Å². The standard InChI is InChI=1S/C9H8ClF2NO2/c10-8-4(3-7(13)9(14)15)5(11)1-2-6(8)12/h1-2,7H,3,13H2,(H,14,15)/t7-/m1/s1. The van der Waals surface area contributed by atoms with Crippen LogP contribution in [0.5, 0.6) is 0 Å². The van der Waals surface area contributed by atoms with Crippen molar-refractivity contribution in [1.29, 1.82) is 0 Å². The molecule has 0 saturated carbocycles. The van der Waals surface area contributed by atoms with Gasteiger partial charge < -0.3 is 10.8 Å². The van der Waals surface area contributed by atoms with Crippen LogP contribution in [0.2, 0.25) is 5.02 Å². The second-order valence-electron chi connectivity index (χ2n) is 2.97. The van der Waals surface area contributed by atoms with Crippen molar-refractivity contribution in [2.24, 2.45) is 5.73 Å². The van der Waals surface area contributed by atoms with E-state index >= 15 is 0 Å². The highest BCUT2D eigenvalue weighted by atomic mass is 35.5. The molecule has 1 aromatic rings. The molecule has 6 heteroatoms. The van der Waals surface area contributed by atoms with E-state index in [0.29, 0.717) is 0 Å². The Bertz CT molecular complexity index is 398. The Kier molecular flexibility index (Phi) is 3.60. The van der Waals surface area contributed by atoms with Gasteiger partial charge in [-0.05, 0) is 12.1 Å². The number of benzene rings is 1. The summed E-state index contributed by atoms with van der Waals surface area (Å²) in [5, 5.41) is 8.09. The van der Waals surface area contributed by atoms with Crippen molar-refractivity contribution in [2.45, 2.75) is 12.5 Å². The number of halogens is 3. The first-order valence-electron chi connectivity index (χ1n) is 4.04.